The lowest BCUT2D eigenvalue weighted by Crippen LogP contribution is -2.30. The molecule has 2 amide bonds. The predicted molar refractivity (Wildman–Crippen MR) is 108 cm³/mol. The minimum absolute atomic E-state index is 0.335. The molecule has 2 aromatic carbocycles. The van der Waals surface area contributed by atoms with Crippen molar-refractivity contribution in [2.45, 2.75) is 20.0 Å². The highest BCUT2D eigenvalue weighted by atomic mass is 35.5. The Morgan fingerprint density at radius 3 is 2.61 bits per heavy atom. The molecule has 2 N–H and O–H groups in total. The van der Waals surface area contributed by atoms with Gasteiger partial charge in [-0.05, 0) is 61.9 Å². The fourth-order valence-electron chi connectivity index (χ4n) is 2.50. The maximum absolute atomic E-state index is 12.5. The zero-order valence-electron chi connectivity index (χ0n) is 15.4. The molecule has 28 heavy (non-hydrogen) atoms. The Kier molecular flexibility index (Phi) is 6.01. The van der Waals surface area contributed by atoms with E-state index in [-0.39, 0.29) is 11.8 Å². The van der Waals surface area contributed by atoms with Crippen LogP contribution < -0.4 is 15.4 Å². The van der Waals surface area contributed by atoms with E-state index in [1.807, 2.05) is 6.92 Å². The highest BCUT2D eigenvalue weighted by molar-refractivity contribution is 6.30. The molecule has 3 rings (SSSR count). The lowest BCUT2D eigenvalue weighted by atomic mass is 10.2. The van der Waals surface area contributed by atoms with Gasteiger partial charge in [-0.15, -0.1) is 0 Å². The summed E-state index contributed by atoms with van der Waals surface area (Å²) in [5.74, 6) is 0.253. The van der Waals surface area contributed by atoms with Gasteiger partial charge in [-0.1, -0.05) is 17.7 Å². The maximum atomic E-state index is 12.5. The third-order valence-electron chi connectivity index (χ3n) is 3.96. The minimum atomic E-state index is -0.736. The van der Waals surface area contributed by atoms with Crippen LogP contribution in [0.5, 0.6) is 5.75 Å². The summed E-state index contributed by atoms with van der Waals surface area (Å²) in [7, 11) is 0. The molecular formula is C21H19ClN2O4. The number of halogens is 1. The fraction of sp³-hybridized carbons (Fsp3) is 0.143. The monoisotopic (exact) mass is 398 g/mol. The third-order valence-corrected chi connectivity index (χ3v) is 4.20. The van der Waals surface area contributed by atoms with E-state index in [0.717, 1.165) is 5.56 Å². The molecule has 0 bridgehead atoms. The quantitative estimate of drug-likeness (QED) is 0.618. The van der Waals surface area contributed by atoms with Crippen molar-refractivity contribution in [2.24, 2.45) is 0 Å². The van der Waals surface area contributed by atoms with Crippen LogP contribution in [0.2, 0.25) is 5.02 Å². The van der Waals surface area contributed by atoms with Crippen LogP contribution in [0.3, 0.4) is 0 Å². The van der Waals surface area contributed by atoms with E-state index in [2.05, 4.69) is 10.6 Å². The summed E-state index contributed by atoms with van der Waals surface area (Å²) in [6, 6.07) is 15.1. The summed E-state index contributed by atoms with van der Waals surface area (Å²) in [4.78, 5) is 24.7. The predicted octanol–water partition coefficient (Wildman–Crippen LogP) is 4.90. The SMILES string of the molecule is Cc1cc(Cl)ccc1OC(C)C(=O)Nc1cccc(C(=O)Nc2ccco2)c1. The number of hydrogen-bond acceptors (Lipinski definition) is 4. The van der Waals surface area contributed by atoms with Crippen LogP contribution in [0, 0.1) is 6.92 Å². The molecule has 0 saturated carbocycles. The molecule has 0 aliphatic carbocycles. The number of ether oxygens (including phenoxy) is 1. The van der Waals surface area contributed by atoms with Gasteiger partial charge in [0.1, 0.15) is 5.75 Å². The average Bonchev–Trinajstić information content (AvgIpc) is 3.17. The molecule has 0 radical (unpaired) electrons. The van der Waals surface area contributed by atoms with Crippen LogP contribution in [-0.2, 0) is 4.79 Å². The molecule has 1 aromatic heterocycles. The first-order valence-electron chi connectivity index (χ1n) is 8.61. The fourth-order valence-corrected chi connectivity index (χ4v) is 2.73. The van der Waals surface area contributed by atoms with E-state index in [1.54, 1.807) is 61.5 Å². The van der Waals surface area contributed by atoms with Crippen molar-refractivity contribution in [1.29, 1.82) is 0 Å². The van der Waals surface area contributed by atoms with E-state index >= 15 is 0 Å². The Morgan fingerprint density at radius 1 is 1.07 bits per heavy atom. The highest BCUT2D eigenvalue weighted by Gasteiger charge is 2.17. The third kappa shape index (κ3) is 4.92. The largest absolute Gasteiger partial charge is 0.481 e. The van der Waals surface area contributed by atoms with Crippen LogP contribution >= 0.6 is 11.6 Å². The molecule has 0 spiro atoms. The Labute approximate surface area is 167 Å². The van der Waals surface area contributed by atoms with Gasteiger partial charge in [0.15, 0.2) is 12.0 Å². The van der Waals surface area contributed by atoms with Crippen LogP contribution in [-0.4, -0.2) is 17.9 Å². The summed E-state index contributed by atoms with van der Waals surface area (Å²) in [5, 5.41) is 5.99. The second-order valence-electron chi connectivity index (χ2n) is 6.17. The van der Waals surface area contributed by atoms with Crippen LogP contribution in [0.4, 0.5) is 11.6 Å². The summed E-state index contributed by atoms with van der Waals surface area (Å²) in [5.41, 5.74) is 1.71. The molecular weight excluding hydrogens is 380 g/mol. The maximum Gasteiger partial charge on any atom is 0.265 e. The molecule has 1 atom stereocenters. The standard InChI is InChI=1S/C21H19ClN2O4/c1-13-11-16(22)8-9-18(13)28-14(2)20(25)23-17-6-3-5-15(12-17)21(26)24-19-7-4-10-27-19/h3-12,14H,1-2H3,(H,23,25)(H,24,26). The van der Waals surface area contributed by atoms with E-state index in [9.17, 15) is 9.59 Å². The van der Waals surface area contributed by atoms with Gasteiger partial charge in [-0.2, -0.15) is 0 Å². The van der Waals surface area contributed by atoms with Crippen molar-refractivity contribution in [2.75, 3.05) is 10.6 Å². The molecule has 6 nitrogen and oxygen atoms in total. The average molecular weight is 399 g/mol. The van der Waals surface area contributed by atoms with E-state index in [0.29, 0.717) is 27.9 Å². The normalized spacial score (nSPS) is 11.5. The van der Waals surface area contributed by atoms with Crippen molar-refractivity contribution in [3.63, 3.8) is 0 Å². The Bertz CT molecular complexity index is 986. The zero-order chi connectivity index (χ0) is 20.1. The summed E-state index contributed by atoms with van der Waals surface area (Å²) in [6.45, 7) is 3.50. The number of nitrogens with one attached hydrogen (secondary N) is 2. The molecule has 0 saturated heterocycles. The smallest absolute Gasteiger partial charge is 0.265 e. The molecule has 3 aromatic rings. The number of anilines is 2. The molecule has 1 heterocycles. The summed E-state index contributed by atoms with van der Waals surface area (Å²) >= 11 is 5.93. The first-order chi connectivity index (χ1) is 13.4. The zero-order valence-corrected chi connectivity index (χ0v) is 16.1. The first-order valence-corrected chi connectivity index (χ1v) is 8.99. The molecule has 0 aliphatic rings. The van der Waals surface area contributed by atoms with E-state index in [4.69, 9.17) is 20.8 Å². The highest BCUT2D eigenvalue weighted by Crippen LogP contribution is 2.23. The number of aryl methyl sites for hydroxylation is 1. The van der Waals surface area contributed by atoms with E-state index < -0.39 is 6.10 Å². The first kappa shape index (κ1) is 19.5. The van der Waals surface area contributed by atoms with Crippen LogP contribution in [0.15, 0.2) is 65.3 Å². The number of benzene rings is 2. The van der Waals surface area contributed by atoms with Crippen molar-refractivity contribution in [1.82, 2.24) is 0 Å². The van der Waals surface area contributed by atoms with Gasteiger partial charge in [0, 0.05) is 22.3 Å². The Morgan fingerprint density at radius 2 is 1.89 bits per heavy atom. The molecule has 7 heteroatoms. The summed E-state index contributed by atoms with van der Waals surface area (Å²) < 4.78 is 10.8. The van der Waals surface area contributed by atoms with Crippen molar-refractivity contribution >= 4 is 35.0 Å². The van der Waals surface area contributed by atoms with Gasteiger partial charge in [-0.3, -0.25) is 14.9 Å². The minimum Gasteiger partial charge on any atom is -0.481 e. The summed E-state index contributed by atoms with van der Waals surface area (Å²) in [6.07, 6.45) is 0.733. The number of hydrogen-bond donors (Lipinski definition) is 2. The Balaban J connectivity index is 1.64. The molecule has 1 unspecified atom stereocenters. The van der Waals surface area contributed by atoms with Crippen LogP contribution in [0.1, 0.15) is 22.8 Å². The van der Waals surface area contributed by atoms with Crippen molar-refractivity contribution in [3.8, 4) is 5.75 Å². The number of amides is 2. The lowest BCUT2D eigenvalue weighted by Gasteiger charge is -2.16. The van der Waals surface area contributed by atoms with Gasteiger partial charge < -0.3 is 14.5 Å². The number of furan rings is 1. The Hall–Kier alpha value is -3.25. The van der Waals surface area contributed by atoms with Crippen LogP contribution in [0.25, 0.3) is 0 Å². The van der Waals surface area contributed by atoms with Crippen molar-refractivity contribution in [3.05, 3.63) is 77.0 Å². The second-order valence-corrected chi connectivity index (χ2v) is 6.61. The number of rotatable bonds is 6. The molecule has 0 aliphatic heterocycles. The molecule has 0 fully saturated rings. The number of carbonyl (C=O) groups is 2. The van der Waals surface area contributed by atoms with Gasteiger partial charge in [-0.25, -0.2) is 0 Å². The van der Waals surface area contributed by atoms with Gasteiger partial charge >= 0.3 is 0 Å². The number of carbonyl (C=O) groups excluding carboxylic acids is 2. The van der Waals surface area contributed by atoms with Gasteiger partial charge in [0.05, 0.1) is 6.26 Å². The molecule has 144 valence electrons. The topological polar surface area (TPSA) is 80.6 Å². The van der Waals surface area contributed by atoms with Gasteiger partial charge in [0.25, 0.3) is 11.8 Å². The van der Waals surface area contributed by atoms with Gasteiger partial charge in [0.2, 0.25) is 0 Å². The lowest BCUT2D eigenvalue weighted by molar-refractivity contribution is -0.122. The second kappa shape index (κ2) is 8.63. The van der Waals surface area contributed by atoms with Crippen molar-refractivity contribution < 1.29 is 18.7 Å². The van der Waals surface area contributed by atoms with E-state index in [1.165, 1.54) is 6.26 Å².